The molecule has 3 N–H and O–H groups in total. The SMILES string of the molecule is Cc1ccc(NC(=O)c2ccc3c(c2)CNCC3)cc1O. The predicted molar refractivity (Wildman–Crippen MR) is 82.6 cm³/mol. The molecule has 0 saturated heterocycles. The fourth-order valence-corrected chi connectivity index (χ4v) is 2.51. The molecule has 21 heavy (non-hydrogen) atoms. The van der Waals surface area contributed by atoms with E-state index in [1.165, 1.54) is 11.1 Å². The Balaban J connectivity index is 1.80. The van der Waals surface area contributed by atoms with Crippen LogP contribution in [0.2, 0.25) is 0 Å². The van der Waals surface area contributed by atoms with E-state index in [-0.39, 0.29) is 11.7 Å². The average Bonchev–Trinajstić information content (AvgIpc) is 2.50. The molecule has 0 aliphatic carbocycles. The molecule has 0 radical (unpaired) electrons. The molecule has 108 valence electrons. The Bertz CT molecular complexity index is 695. The number of phenolic OH excluding ortho intramolecular Hbond substituents is 1. The normalized spacial score (nSPS) is 13.6. The zero-order valence-electron chi connectivity index (χ0n) is 11.9. The van der Waals surface area contributed by atoms with Crippen LogP contribution in [0.1, 0.15) is 27.0 Å². The molecule has 2 aromatic rings. The van der Waals surface area contributed by atoms with E-state index >= 15 is 0 Å². The van der Waals surface area contributed by atoms with Crippen molar-refractivity contribution in [1.29, 1.82) is 0 Å². The quantitative estimate of drug-likeness (QED) is 0.793. The number of anilines is 1. The summed E-state index contributed by atoms with van der Waals surface area (Å²) < 4.78 is 0. The number of aromatic hydroxyl groups is 1. The third-order valence-corrected chi connectivity index (χ3v) is 3.82. The minimum Gasteiger partial charge on any atom is -0.508 e. The Morgan fingerprint density at radius 3 is 2.86 bits per heavy atom. The van der Waals surface area contributed by atoms with Gasteiger partial charge >= 0.3 is 0 Å². The third-order valence-electron chi connectivity index (χ3n) is 3.82. The van der Waals surface area contributed by atoms with Crippen molar-refractivity contribution in [2.75, 3.05) is 11.9 Å². The van der Waals surface area contributed by atoms with E-state index < -0.39 is 0 Å². The Kier molecular flexibility index (Phi) is 3.62. The molecule has 0 unspecified atom stereocenters. The van der Waals surface area contributed by atoms with Gasteiger partial charge in [0, 0.05) is 23.9 Å². The molecule has 0 saturated carbocycles. The lowest BCUT2D eigenvalue weighted by atomic mass is 9.98. The smallest absolute Gasteiger partial charge is 0.255 e. The molecule has 0 atom stereocenters. The highest BCUT2D eigenvalue weighted by atomic mass is 16.3. The molecule has 1 aliphatic heterocycles. The van der Waals surface area contributed by atoms with Crippen LogP contribution >= 0.6 is 0 Å². The minimum absolute atomic E-state index is 0.161. The number of carbonyl (C=O) groups excluding carboxylic acids is 1. The molecule has 0 aromatic heterocycles. The van der Waals surface area contributed by atoms with Crippen molar-refractivity contribution < 1.29 is 9.90 Å². The minimum atomic E-state index is -0.161. The molecule has 0 spiro atoms. The van der Waals surface area contributed by atoms with Crippen molar-refractivity contribution in [2.24, 2.45) is 0 Å². The maximum atomic E-state index is 12.3. The van der Waals surface area contributed by atoms with Crippen LogP contribution in [0.5, 0.6) is 5.75 Å². The van der Waals surface area contributed by atoms with E-state index in [0.717, 1.165) is 25.1 Å². The molecular weight excluding hydrogens is 264 g/mol. The van der Waals surface area contributed by atoms with Crippen molar-refractivity contribution in [2.45, 2.75) is 19.9 Å². The van der Waals surface area contributed by atoms with Crippen LogP contribution in [-0.2, 0) is 13.0 Å². The Hall–Kier alpha value is -2.33. The molecule has 1 amide bonds. The summed E-state index contributed by atoms with van der Waals surface area (Å²) >= 11 is 0. The second-order valence-electron chi connectivity index (χ2n) is 5.37. The van der Waals surface area contributed by atoms with Gasteiger partial charge in [-0.05, 0) is 54.8 Å². The third kappa shape index (κ3) is 2.90. The van der Waals surface area contributed by atoms with Gasteiger partial charge < -0.3 is 15.7 Å². The van der Waals surface area contributed by atoms with Crippen molar-refractivity contribution in [3.63, 3.8) is 0 Å². The van der Waals surface area contributed by atoms with Crippen LogP contribution in [-0.4, -0.2) is 17.6 Å². The number of carbonyl (C=O) groups is 1. The van der Waals surface area contributed by atoms with Gasteiger partial charge in [0.15, 0.2) is 0 Å². The van der Waals surface area contributed by atoms with Gasteiger partial charge in [-0.2, -0.15) is 0 Å². The molecule has 0 fully saturated rings. The number of fused-ring (bicyclic) bond motifs is 1. The lowest BCUT2D eigenvalue weighted by Gasteiger charge is -2.17. The zero-order valence-corrected chi connectivity index (χ0v) is 11.9. The first-order chi connectivity index (χ1) is 10.1. The molecule has 4 heteroatoms. The molecule has 3 rings (SSSR count). The summed E-state index contributed by atoms with van der Waals surface area (Å²) in [4.78, 5) is 12.3. The van der Waals surface area contributed by atoms with Crippen molar-refractivity contribution in [1.82, 2.24) is 5.32 Å². The topological polar surface area (TPSA) is 61.4 Å². The summed E-state index contributed by atoms with van der Waals surface area (Å²) in [7, 11) is 0. The van der Waals surface area contributed by atoms with E-state index in [2.05, 4.69) is 10.6 Å². The van der Waals surface area contributed by atoms with Crippen LogP contribution in [0.4, 0.5) is 5.69 Å². The Labute approximate surface area is 123 Å². The highest BCUT2D eigenvalue weighted by molar-refractivity contribution is 6.04. The predicted octanol–water partition coefficient (Wildman–Crippen LogP) is 2.60. The highest BCUT2D eigenvalue weighted by Crippen LogP contribution is 2.22. The molecule has 4 nitrogen and oxygen atoms in total. The first-order valence-electron chi connectivity index (χ1n) is 7.07. The lowest BCUT2D eigenvalue weighted by Crippen LogP contribution is -2.24. The van der Waals surface area contributed by atoms with Crippen LogP contribution in [0.15, 0.2) is 36.4 Å². The van der Waals surface area contributed by atoms with Crippen LogP contribution in [0, 0.1) is 6.92 Å². The fraction of sp³-hybridized carbons (Fsp3) is 0.235. The van der Waals surface area contributed by atoms with E-state index in [9.17, 15) is 9.90 Å². The lowest BCUT2D eigenvalue weighted by molar-refractivity contribution is 0.102. The number of nitrogens with one attached hydrogen (secondary N) is 2. The van der Waals surface area contributed by atoms with Gasteiger partial charge in [-0.25, -0.2) is 0 Å². The second kappa shape index (κ2) is 5.58. The number of benzene rings is 2. The molecule has 0 bridgehead atoms. The Morgan fingerprint density at radius 1 is 1.19 bits per heavy atom. The molecule has 2 aromatic carbocycles. The van der Waals surface area contributed by atoms with Crippen molar-refractivity contribution in [3.8, 4) is 5.75 Å². The first-order valence-corrected chi connectivity index (χ1v) is 7.07. The van der Waals surface area contributed by atoms with Gasteiger partial charge in [0.1, 0.15) is 5.75 Å². The summed E-state index contributed by atoms with van der Waals surface area (Å²) in [6, 6.07) is 10.9. The average molecular weight is 282 g/mol. The number of hydrogen-bond donors (Lipinski definition) is 3. The van der Waals surface area contributed by atoms with Gasteiger partial charge in [-0.15, -0.1) is 0 Å². The van der Waals surface area contributed by atoms with Crippen LogP contribution in [0.25, 0.3) is 0 Å². The fourth-order valence-electron chi connectivity index (χ4n) is 2.51. The van der Waals surface area contributed by atoms with E-state index in [4.69, 9.17) is 0 Å². The monoisotopic (exact) mass is 282 g/mol. The molecule has 1 aliphatic rings. The Morgan fingerprint density at radius 2 is 2.05 bits per heavy atom. The zero-order chi connectivity index (χ0) is 14.8. The standard InChI is InChI=1S/C17H18N2O2/c1-11-2-5-15(9-16(11)20)19-17(21)13-4-3-12-6-7-18-10-14(12)8-13/h2-5,8-9,18,20H,6-7,10H2,1H3,(H,19,21). The summed E-state index contributed by atoms with van der Waals surface area (Å²) in [5.74, 6) is 0.0223. The van der Waals surface area contributed by atoms with Gasteiger partial charge in [0.25, 0.3) is 5.91 Å². The number of rotatable bonds is 2. The molecular formula is C17H18N2O2. The maximum absolute atomic E-state index is 12.3. The summed E-state index contributed by atoms with van der Waals surface area (Å²) in [6.07, 6.45) is 1.00. The summed E-state index contributed by atoms with van der Waals surface area (Å²) in [5.41, 5.74) is 4.50. The van der Waals surface area contributed by atoms with Crippen molar-refractivity contribution >= 4 is 11.6 Å². The number of hydrogen-bond acceptors (Lipinski definition) is 3. The summed E-state index contributed by atoms with van der Waals surface area (Å²) in [6.45, 7) is 3.61. The summed E-state index contributed by atoms with van der Waals surface area (Å²) in [5, 5.41) is 15.8. The van der Waals surface area contributed by atoms with Gasteiger partial charge in [-0.1, -0.05) is 12.1 Å². The largest absolute Gasteiger partial charge is 0.508 e. The first kappa shape index (κ1) is 13.6. The van der Waals surface area contributed by atoms with Crippen LogP contribution < -0.4 is 10.6 Å². The van der Waals surface area contributed by atoms with Gasteiger partial charge in [-0.3, -0.25) is 4.79 Å². The van der Waals surface area contributed by atoms with Gasteiger partial charge in [0.05, 0.1) is 0 Å². The van der Waals surface area contributed by atoms with Gasteiger partial charge in [0.2, 0.25) is 0 Å². The number of amides is 1. The number of phenols is 1. The second-order valence-corrected chi connectivity index (χ2v) is 5.37. The number of aryl methyl sites for hydroxylation is 1. The van der Waals surface area contributed by atoms with E-state index in [0.29, 0.717) is 11.3 Å². The highest BCUT2D eigenvalue weighted by Gasteiger charge is 2.13. The van der Waals surface area contributed by atoms with Crippen LogP contribution in [0.3, 0.4) is 0 Å². The molecule has 1 heterocycles. The van der Waals surface area contributed by atoms with E-state index in [1.54, 1.807) is 18.2 Å². The van der Waals surface area contributed by atoms with Crippen molar-refractivity contribution in [3.05, 3.63) is 58.7 Å². The van der Waals surface area contributed by atoms with E-state index in [1.807, 2.05) is 25.1 Å². The maximum Gasteiger partial charge on any atom is 0.255 e.